The van der Waals surface area contributed by atoms with Crippen molar-refractivity contribution in [3.8, 4) is 0 Å². The van der Waals surface area contributed by atoms with Gasteiger partial charge in [-0.1, -0.05) is 17.7 Å². The van der Waals surface area contributed by atoms with E-state index in [1.807, 2.05) is 4.90 Å². The minimum Gasteiger partial charge on any atom is -0.399 e. The average Bonchev–Trinajstić information content (AvgIpc) is 2.97. The second-order valence-corrected chi connectivity index (χ2v) is 5.67. The maximum Gasteiger partial charge on any atom is 0.254 e. The standard InChI is InChI=1S/C15H16ClN5O/c16-11-7-18-15(19-8-11)20-13-4-5-21(9-13)14(22)10-2-1-3-12(17)6-10/h1-3,6-8,13H,4-5,9,17H2,(H,18,19,20)/t13-/m1/s1. The fraction of sp³-hybridized carbons (Fsp3) is 0.267. The van der Waals surface area contributed by atoms with Crippen LogP contribution in [-0.4, -0.2) is 39.9 Å². The molecule has 0 unspecified atom stereocenters. The SMILES string of the molecule is Nc1cccc(C(=O)N2CC[C@@H](Nc3ncc(Cl)cn3)C2)c1. The molecule has 7 heteroatoms. The molecule has 0 bridgehead atoms. The van der Waals surface area contributed by atoms with Crippen molar-refractivity contribution in [1.29, 1.82) is 0 Å². The summed E-state index contributed by atoms with van der Waals surface area (Å²) in [6.07, 6.45) is 3.93. The Bertz CT molecular complexity index is 676. The van der Waals surface area contributed by atoms with E-state index in [4.69, 9.17) is 17.3 Å². The molecule has 1 aromatic carbocycles. The maximum atomic E-state index is 12.4. The molecule has 1 aliphatic heterocycles. The van der Waals surface area contributed by atoms with Crippen LogP contribution in [0.15, 0.2) is 36.7 Å². The Balaban J connectivity index is 1.62. The number of hydrogen-bond acceptors (Lipinski definition) is 5. The van der Waals surface area contributed by atoms with Crippen molar-refractivity contribution in [1.82, 2.24) is 14.9 Å². The van der Waals surface area contributed by atoms with E-state index in [1.165, 1.54) is 0 Å². The van der Waals surface area contributed by atoms with Crippen molar-refractivity contribution >= 4 is 29.1 Å². The lowest BCUT2D eigenvalue weighted by atomic mass is 10.2. The molecule has 2 heterocycles. The first-order valence-corrected chi connectivity index (χ1v) is 7.38. The van der Waals surface area contributed by atoms with E-state index < -0.39 is 0 Å². The number of aromatic nitrogens is 2. The number of carbonyl (C=O) groups excluding carboxylic acids is 1. The van der Waals surface area contributed by atoms with Gasteiger partial charge in [0.1, 0.15) is 0 Å². The number of nitrogens with two attached hydrogens (primary N) is 1. The number of hydrogen-bond donors (Lipinski definition) is 2. The van der Waals surface area contributed by atoms with Crippen molar-refractivity contribution in [3.05, 3.63) is 47.2 Å². The molecule has 1 atom stereocenters. The van der Waals surface area contributed by atoms with Crippen LogP contribution < -0.4 is 11.1 Å². The number of amides is 1. The van der Waals surface area contributed by atoms with E-state index in [0.717, 1.165) is 6.42 Å². The second-order valence-electron chi connectivity index (χ2n) is 5.23. The zero-order chi connectivity index (χ0) is 15.5. The van der Waals surface area contributed by atoms with Crippen molar-refractivity contribution < 1.29 is 4.79 Å². The van der Waals surface area contributed by atoms with Gasteiger partial charge in [0, 0.05) is 30.4 Å². The molecular formula is C15H16ClN5O. The summed E-state index contributed by atoms with van der Waals surface area (Å²) in [5.41, 5.74) is 6.93. The summed E-state index contributed by atoms with van der Waals surface area (Å²) in [4.78, 5) is 22.5. The first kappa shape index (κ1) is 14.6. The van der Waals surface area contributed by atoms with E-state index in [2.05, 4.69) is 15.3 Å². The normalized spacial score (nSPS) is 17.5. The van der Waals surface area contributed by atoms with Crippen LogP contribution >= 0.6 is 11.6 Å². The smallest absolute Gasteiger partial charge is 0.254 e. The Morgan fingerprint density at radius 3 is 2.86 bits per heavy atom. The van der Waals surface area contributed by atoms with Crippen LogP contribution in [0.1, 0.15) is 16.8 Å². The van der Waals surface area contributed by atoms with E-state index in [-0.39, 0.29) is 11.9 Å². The third kappa shape index (κ3) is 3.28. The predicted molar refractivity (Wildman–Crippen MR) is 85.8 cm³/mol. The second kappa shape index (κ2) is 6.19. The van der Waals surface area contributed by atoms with Gasteiger partial charge >= 0.3 is 0 Å². The lowest BCUT2D eigenvalue weighted by Crippen LogP contribution is -2.31. The highest BCUT2D eigenvalue weighted by Gasteiger charge is 2.27. The summed E-state index contributed by atoms with van der Waals surface area (Å²) < 4.78 is 0. The third-order valence-corrected chi connectivity index (χ3v) is 3.76. The van der Waals surface area contributed by atoms with Gasteiger partial charge < -0.3 is 16.0 Å². The molecule has 1 saturated heterocycles. The quantitative estimate of drug-likeness (QED) is 0.846. The van der Waals surface area contributed by atoms with Gasteiger partial charge in [-0.05, 0) is 24.6 Å². The highest BCUT2D eigenvalue weighted by molar-refractivity contribution is 6.30. The fourth-order valence-electron chi connectivity index (χ4n) is 2.49. The summed E-state index contributed by atoms with van der Waals surface area (Å²) in [6, 6.07) is 7.16. The van der Waals surface area contributed by atoms with Gasteiger partial charge in [-0.15, -0.1) is 0 Å². The van der Waals surface area contributed by atoms with E-state index in [1.54, 1.807) is 36.7 Å². The van der Waals surface area contributed by atoms with Crippen LogP contribution in [0.5, 0.6) is 0 Å². The number of anilines is 2. The molecule has 1 amide bonds. The Hall–Kier alpha value is -2.34. The maximum absolute atomic E-state index is 12.4. The van der Waals surface area contributed by atoms with E-state index in [9.17, 15) is 4.79 Å². The van der Waals surface area contributed by atoms with Gasteiger partial charge in [0.05, 0.1) is 17.4 Å². The number of carbonyl (C=O) groups is 1. The zero-order valence-electron chi connectivity index (χ0n) is 11.9. The molecule has 1 fully saturated rings. The van der Waals surface area contributed by atoms with Crippen LogP contribution in [0.4, 0.5) is 11.6 Å². The first-order valence-electron chi connectivity index (χ1n) is 7.01. The molecule has 6 nitrogen and oxygen atoms in total. The Morgan fingerprint density at radius 1 is 1.36 bits per heavy atom. The fourth-order valence-corrected chi connectivity index (χ4v) is 2.58. The molecule has 0 radical (unpaired) electrons. The summed E-state index contributed by atoms with van der Waals surface area (Å²) in [5, 5.41) is 3.71. The van der Waals surface area contributed by atoms with E-state index in [0.29, 0.717) is 35.3 Å². The van der Waals surface area contributed by atoms with Crippen LogP contribution in [0.2, 0.25) is 5.02 Å². The molecule has 0 saturated carbocycles. The van der Waals surface area contributed by atoms with Crippen LogP contribution in [0.3, 0.4) is 0 Å². The third-order valence-electron chi connectivity index (χ3n) is 3.56. The molecule has 1 aromatic heterocycles. The molecular weight excluding hydrogens is 302 g/mol. The highest BCUT2D eigenvalue weighted by atomic mass is 35.5. The van der Waals surface area contributed by atoms with Crippen molar-refractivity contribution in [2.45, 2.75) is 12.5 Å². The molecule has 114 valence electrons. The topological polar surface area (TPSA) is 84.1 Å². The van der Waals surface area contributed by atoms with Gasteiger partial charge in [-0.3, -0.25) is 4.79 Å². The van der Waals surface area contributed by atoms with Gasteiger partial charge in [0.25, 0.3) is 5.91 Å². The van der Waals surface area contributed by atoms with Crippen molar-refractivity contribution in [2.75, 3.05) is 24.1 Å². The average molecular weight is 318 g/mol. The Labute approximate surface area is 133 Å². The van der Waals surface area contributed by atoms with Crippen molar-refractivity contribution in [3.63, 3.8) is 0 Å². The number of nitrogens with zero attached hydrogens (tertiary/aromatic N) is 3. The van der Waals surface area contributed by atoms with Gasteiger partial charge in [-0.2, -0.15) is 0 Å². The Morgan fingerprint density at radius 2 is 2.14 bits per heavy atom. The molecule has 0 spiro atoms. The van der Waals surface area contributed by atoms with Gasteiger partial charge in [0.15, 0.2) is 0 Å². The monoisotopic (exact) mass is 317 g/mol. The summed E-state index contributed by atoms with van der Waals surface area (Å²) in [5.74, 6) is 0.515. The number of benzene rings is 1. The number of likely N-dealkylation sites (tertiary alicyclic amines) is 1. The summed E-state index contributed by atoms with van der Waals surface area (Å²) in [6.45, 7) is 1.30. The number of nitrogen functional groups attached to an aromatic ring is 1. The minimum absolute atomic E-state index is 0.00590. The zero-order valence-corrected chi connectivity index (χ0v) is 12.6. The number of halogens is 1. The minimum atomic E-state index is -0.00590. The van der Waals surface area contributed by atoms with Gasteiger partial charge in [-0.25, -0.2) is 9.97 Å². The van der Waals surface area contributed by atoms with Crippen LogP contribution in [0, 0.1) is 0 Å². The lowest BCUT2D eigenvalue weighted by Gasteiger charge is -2.17. The van der Waals surface area contributed by atoms with Crippen LogP contribution in [-0.2, 0) is 0 Å². The predicted octanol–water partition coefficient (Wildman–Crippen LogP) is 2.04. The summed E-state index contributed by atoms with van der Waals surface area (Å²) >= 11 is 5.76. The van der Waals surface area contributed by atoms with Crippen LogP contribution in [0.25, 0.3) is 0 Å². The molecule has 2 aromatic rings. The highest BCUT2D eigenvalue weighted by Crippen LogP contribution is 2.17. The molecule has 3 rings (SSSR count). The Kier molecular flexibility index (Phi) is 4.11. The molecule has 22 heavy (non-hydrogen) atoms. The molecule has 1 aliphatic rings. The lowest BCUT2D eigenvalue weighted by molar-refractivity contribution is 0.0791. The summed E-state index contributed by atoms with van der Waals surface area (Å²) in [7, 11) is 0. The number of nitrogens with one attached hydrogen (secondary N) is 1. The first-order chi connectivity index (χ1) is 10.6. The molecule has 3 N–H and O–H groups in total. The van der Waals surface area contributed by atoms with Gasteiger partial charge in [0.2, 0.25) is 5.95 Å². The number of rotatable bonds is 3. The van der Waals surface area contributed by atoms with Crippen molar-refractivity contribution in [2.24, 2.45) is 0 Å². The van der Waals surface area contributed by atoms with E-state index >= 15 is 0 Å². The largest absolute Gasteiger partial charge is 0.399 e. The molecule has 0 aliphatic carbocycles.